The van der Waals surface area contributed by atoms with Crippen LogP contribution in [0.25, 0.3) is 78.1 Å². The van der Waals surface area contributed by atoms with Crippen LogP contribution in [-0.4, -0.2) is 19.5 Å². The van der Waals surface area contributed by atoms with Crippen LogP contribution in [0, 0.1) is 0 Å². The minimum Gasteiger partial charge on any atom is -0.387 e. The third kappa shape index (κ3) is 4.28. The van der Waals surface area contributed by atoms with Crippen molar-refractivity contribution in [2.24, 2.45) is 0 Å². The maximum Gasteiger partial charge on any atom is 0.137 e. The molecule has 8 aromatic rings. The van der Waals surface area contributed by atoms with Crippen LogP contribution in [0.5, 0.6) is 0 Å². The van der Waals surface area contributed by atoms with Crippen LogP contribution in [0.3, 0.4) is 0 Å². The number of nitrogens with zero attached hydrogens (tertiary/aromatic N) is 4. The summed E-state index contributed by atoms with van der Waals surface area (Å²) in [5.41, 5.74) is 9.31. The maximum atomic E-state index is 5.11. The lowest BCUT2D eigenvalue weighted by atomic mass is 9.97. The summed E-state index contributed by atoms with van der Waals surface area (Å²) in [5.74, 6) is 0.892. The lowest BCUT2D eigenvalue weighted by molar-refractivity contribution is 0.852. The van der Waals surface area contributed by atoms with Gasteiger partial charge in [-0.05, 0) is 87.9 Å². The van der Waals surface area contributed by atoms with Gasteiger partial charge in [0.25, 0.3) is 0 Å². The van der Waals surface area contributed by atoms with Gasteiger partial charge in [-0.1, -0.05) is 72.8 Å². The summed E-state index contributed by atoms with van der Waals surface area (Å²) >= 11 is 0. The van der Waals surface area contributed by atoms with Crippen LogP contribution in [0.2, 0.25) is 0 Å². The molecule has 0 bridgehead atoms. The maximum absolute atomic E-state index is 5.11. The predicted molar refractivity (Wildman–Crippen MR) is 184 cm³/mol. The Labute approximate surface area is 260 Å². The lowest BCUT2D eigenvalue weighted by Crippen LogP contribution is -2.11. The summed E-state index contributed by atoms with van der Waals surface area (Å²) in [4.78, 5) is 14.7. The molecule has 1 aliphatic rings. The number of hydrogen-bond acceptors (Lipinski definition) is 4. The SMILES string of the molecule is C1=Cc2c(c3ccccc3n2-c2ccc(-c3cc(-c4ccc5c(ccc6ccccc65)c4)nc(-c4ccccn4)c3)cn2)CN1. The van der Waals surface area contributed by atoms with Crippen molar-refractivity contribution >= 4 is 38.5 Å². The molecule has 0 radical (unpaired) electrons. The van der Waals surface area contributed by atoms with E-state index >= 15 is 0 Å². The zero-order valence-electron chi connectivity index (χ0n) is 24.4. The second-order valence-corrected chi connectivity index (χ2v) is 11.4. The summed E-state index contributed by atoms with van der Waals surface area (Å²) in [6, 6.07) is 42.5. The first-order chi connectivity index (χ1) is 22.3. The average molecular weight is 578 g/mol. The summed E-state index contributed by atoms with van der Waals surface area (Å²) in [6.07, 6.45) is 7.93. The van der Waals surface area contributed by atoms with Crippen molar-refractivity contribution in [2.75, 3.05) is 0 Å². The Bertz CT molecular complexity index is 2420. The number of rotatable bonds is 4. The Morgan fingerprint density at radius 1 is 0.578 bits per heavy atom. The number of hydrogen-bond donors (Lipinski definition) is 1. The fourth-order valence-corrected chi connectivity index (χ4v) is 6.59. The van der Waals surface area contributed by atoms with Gasteiger partial charge in [-0.25, -0.2) is 9.97 Å². The molecule has 0 spiro atoms. The molecule has 5 nitrogen and oxygen atoms in total. The van der Waals surface area contributed by atoms with Gasteiger partial charge in [-0.3, -0.25) is 9.55 Å². The van der Waals surface area contributed by atoms with Gasteiger partial charge < -0.3 is 5.32 Å². The molecule has 5 heterocycles. The van der Waals surface area contributed by atoms with Crippen molar-refractivity contribution in [1.29, 1.82) is 0 Å². The summed E-state index contributed by atoms with van der Waals surface area (Å²) in [5, 5.41) is 9.53. The number of pyridine rings is 3. The predicted octanol–water partition coefficient (Wildman–Crippen LogP) is 9.20. The number of nitrogens with one attached hydrogen (secondary N) is 1. The fraction of sp³-hybridized carbons (Fsp3) is 0.0250. The molecule has 4 aromatic carbocycles. The molecule has 9 rings (SSSR count). The quantitative estimate of drug-likeness (QED) is 0.212. The number of fused-ring (bicyclic) bond motifs is 6. The van der Waals surface area contributed by atoms with Gasteiger partial charge in [0.15, 0.2) is 0 Å². The van der Waals surface area contributed by atoms with E-state index in [0.29, 0.717) is 0 Å². The zero-order valence-corrected chi connectivity index (χ0v) is 24.4. The summed E-state index contributed by atoms with van der Waals surface area (Å²) in [7, 11) is 0. The first kappa shape index (κ1) is 25.4. The van der Waals surface area contributed by atoms with Crippen LogP contribution in [0.15, 0.2) is 140 Å². The van der Waals surface area contributed by atoms with Gasteiger partial charge in [-0.15, -0.1) is 0 Å². The Kier molecular flexibility index (Phi) is 5.81. The van der Waals surface area contributed by atoms with E-state index in [1.807, 2.05) is 36.8 Å². The second kappa shape index (κ2) is 10.3. The monoisotopic (exact) mass is 577 g/mol. The van der Waals surface area contributed by atoms with Gasteiger partial charge in [0.2, 0.25) is 0 Å². The largest absolute Gasteiger partial charge is 0.387 e. The van der Waals surface area contributed by atoms with Crippen LogP contribution >= 0.6 is 0 Å². The Hall–Kier alpha value is -6.07. The standard InChI is InChI=1S/C40H27N5/c1-2-8-31-26(7-1)12-13-27-21-28(14-16-32(27)31)36-22-30(23-37(44-36)35-10-5-6-19-42-35)29-15-17-40(43-24-29)45-38-11-4-3-9-33(38)34-25-41-20-18-39(34)45/h1-24,41H,25H2. The molecular formula is C40H27N5. The normalized spacial score (nSPS) is 12.4. The second-order valence-electron chi connectivity index (χ2n) is 11.4. The molecule has 0 fully saturated rings. The van der Waals surface area contributed by atoms with E-state index in [-0.39, 0.29) is 0 Å². The molecule has 212 valence electrons. The van der Waals surface area contributed by atoms with E-state index in [2.05, 4.69) is 124 Å². The summed E-state index contributed by atoms with van der Waals surface area (Å²) < 4.78 is 2.25. The number of aromatic nitrogens is 4. The first-order valence-electron chi connectivity index (χ1n) is 15.1. The molecule has 0 atom stereocenters. The van der Waals surface area contributed by atoms with E-state index in [0.717, 1.165) is 51.7 Å². The molecule has 0 aliphatic carbocycles. The number of para-hydroxylation sites is 1. The van der Waals surface area contributed by atoms with Gasteiger partial charge >= 0.3 is 0 Å². The highest BCUT2D eigenvalue weighted by Gasteiger charge is 2.19. The van der Waals surface area contributed by atoms with Gasteiger partial charge in [-0.2, -0.15) is 0 Å². The minimum atomic E-state index is 0.804. The van der Waals surface area contributed by atoms with E-state index in [1.54, 1.807) is 0 Å². The highest BCUT2D eigenvalue weighted by atomic mass is 15.1. The molecule has 1 N–H and O–H groups in total. The smallest absolute Gasteiger partial charge is 0.137 e. The molecule has 1 aliphatic heterocycles. The molecular weight excluding hydrogens is 550 g/mol. The highest BCUT2D eigenvalue weighted by Crippen LogP contribution is 2.35. The first-order valence-corrected chi connectivity index (χ1v) is 15.1. The van der Waals surface area contributed by atoms with Crippen molar-refractivity contribution in [2.45, 2.75) is 6.54 Å². The Morgan fingerprint density at radius 2 is 1.38 bits per heavy atom. The van der Waals surface area contributed by atoms with Gasteiger partial charge in [0.1, 0.15) is 5.82 Å². The molecule has 0 saturated carbocycles. The Balaban J connectivity index is 1.17. The third-order valence-electron chi connectivity index (χ3n) is 8.76. The van der Waals surface area contributed by atoms with Crippen molar-refractivity contribution < 1.29 is 0 Å². The van der Waals surface area contributed by atoms with E-state index in [9.17, 15) is 0 Å². The molecule has 0 saturated heterocycles. The topological polar surface area (TPSA) is 55.6 Å². The van der Waals surface area contributed by atoms with Crippen LogP contribution in [0.4, 0.5) is 0 Å². The molecule has 0 unspecified atom stereocenters. The average Bonchev–Trinajstić information content (AvgIpc) is 3.46. The molecule has 5 heteroatoms. The zero-order chi connectivity index (χ0) is 29.7. The lowest BCUT2D eigenvalue weighted by Gasteiger charge is -2.13. The highest BCUT2D eigenvalue weighted by molar-refractivity contribution is 6.08. The van der Waals surface area contributed by atoms with Crippen LogP contribution in [0.1, 0.15) is 11.3 Å². The van der Waals surface area contributed by atoms with E-state index in [1.165, 1.54) is 38.2 Å². The summed E-state index contributed by atoms with van der Waals surface area (Å²) in [6.45, 7) is 0.804. The van der Waals surface area contributed by atoms with Crippen molar-refractivity contribution in [3.8, 4) is 39.6 Å². The molecule has 4 aromatic heterocycles. The van der Waals surface area contributed by atoms with E-state index in [4.69, 9.17) is 9.97 Å². The Morgan fingerprint density at radius 3 is 2.27 bits per heavy atom. The minimum absolute atomic E-state index is 0.804. The van der Waals surface area contributed by atoms with Crippen LogP contribution < -0.4 is 5.32 Å². The van der Waals surface area contributed by atoms with Crippen molar-refractivity contribution in [1.82, 2.24) is 24.8 Å². The van der Waals surface area contributed by atoms with Gasteiger partial charge in [0.05, 0.1) is 28.3 Å². The van der Waals surface area contributed by atoms with E-state index < -0.39 is 0 Å². The van der Waals surface area contributed by atoms with Gasteiger partial charge in [0, 0.05) is 41.0 Å². The van der Waals surface area contributed by atoms with Crippen molar-refractivity contribution in [3.05, 3.63) is 151 Å². The van der Waals surface area contributed by atoms with Crippen LogP contribution in [-0.2, 0) is 6.54 Å². The van der Waals surface area contributed by atoms with Crippen molar-refractivity contribution in [3.63, 3.8) is 0 Å². The molecule has 0 amide bonds. The third-order valence-corrected chi connectivity index (χ3v) is 8.76. The number of benzene rings is 4. The fourth-order valence-electron chi connectivity index (χ4n) is 6.59. The molecule has 45 heavy (non-hydrogen) atoms.